The molecule has 6 nitrogen and oxygen atoms in total. The number of methoxy groups -OCH3 is 1. The Morgan fingerprint density at radius 2 is 1.88 bits per heavy atom. The topological polar surface area (TPSA) is 96.7 Å². The number of ether oxygens (including phenoxy) is 1. The third kappa shape index (κ3) is 5.25. The van der Waals surface area contributed by atoms with E-state index in [2.05, 4.69) is 4.98 Å². The fraction of sp³-hybridized carbons (Fsp3) is 0.100. The van der Waals surface area contributed by atoms with E-state index >= 15 is 0 Å². The van der Waals surface area contributed by atoms with E-state index in [1.54, 1.807) is 13.3 Å². The lowest BCUT2D eigenvalue weighted by Gasteiger charge is -2.00. The highest BCUT2D eigenvalue weighted by Gasteiger charge is 1.94. The average molecular weight is 257 g/mol. The molecule has 0 amide bonds. The van der Waals surface area contributed by atoms with E-state index in [0.717, 1.165) is 16.7 Å². The van der Waals surface area contributed by atoms with Crippen molar-refractivity contribution < 1.29 is 22.3 Å². The third-order valence-electron chi connectivity index (χ3n) is 1.81. The fourth-order valence-electron chi connectivity index (χ4n) is 1.18. The van der Waals surface area contributed by atoms with Gasteiger partial charge in [0, 0.05) is 11.6 Å². The van der Waals surface area contributed by atoms with Crippen molar-refractivity contribution >= 4 is 21.3 Å². The number of nitrogens with zero attached hydrogens (tertiary/aromatic N) is 1. The molecule has 0 bridgehead atoms. The van der Waals surface area contributed by atoms with Crippen LogP contribution in [0.25, 0.3) is 10.9 Å². The van der Waals surface area contributed by atoms with Crippen molar-refractivity contribution in [2.75, 3.05) is 7.11 Å². The molecule has 2 N–H and O–H groups in total. The van der Waals surface area contributed by atoms with Crippen LogP contribution in [0.4, 0.5) is 0 Å². The Morgan fingerprint density at radius 1 is 1.24 bits per heavy atom. The highest BCUT2D eigenvalue weighted by molar-refractivity contribution is 7.79. The van der Waals surface area contributed by atoms with E-state index in [4.69, 9.17) is 22.3 Å². The molecule has 0 aliphatic rings. The predicted molar refractivity (Wildman–Crippen MR) is 62.5 cm³/mol. The molecule has 17 heavy (non-hydrogen) atoms. The van der Waals surface area contributed by atoms with Crippen LogP contribution in [-0.2, 0) is 10.4 Å². The number of hydrogen-bond donors (Lipinski definition) is 2. The van der Waals surface area contributed by atoms with Gasteiger partial charge in [-0.3, -0.25) is 14.1 Å². The van der Waals surface area contributed by atoms with Crippen molar-refractivity contribution in [2.24, 2.45) is 0 Å². The van der Waals surface area contributed by atoms with Crippen molar-refractivity contribution in [2.45, 2.75) is 0 Å². The van der Waals surface area contributed by atoms with Gasteiger partial charge in [0.05, 0.1) is 12.6 Å². The van der Waals surface area contributed by atoms with Gasteiger partial charge >= 0.3 is 10.4 Å². The smallest absolute Gasteiger partial charge is 0.394 e. The van der Waals surface area contributed by atoms with Gasteiger partial charge in [-0.1, -0.05) is 6.07 Å². The van der Waals surface area contributed by atoms with Crippen LogP contribution in [0.5, 0.6) is 5.75 Å². The molecule has 1 aromatic carbocycles. The van der Waals surface area contributed by atoms with Crippen LogP contribution in [0, 0.1) is 0 Å². The molecule has 2 aromatic rings. The van der Waals surface area contributed by atoms with Gasteiger partial charge in [-0.2, -0.15) is 8.42 Å². The zero-order chi connectivity index (χ0) is 12.9. The van der Waals surface area contributed by atoms with Crippen LogP contribution in [0.15, 0.2) is 36.5 Å². The Balaban J connectivity index is 0.000000249. The molecule has 0 radical (unpaired) electrons. The molecular formula is C10H11NO5S. The molecule has 92 valence electrons. The van der Waals surface area contributed by atoms with Crippen molar-refractivity contribution in [3.63, 3.8) is 0 Å². The number of rotatable bonds is 1. The summed E-state index contributed by atoms with van der Waals surface area (Å²) in [6.45, 7) is 0. The molecule has 1 aromatic heterocycles. The van der Waals surface area contributed by atoms with Gasteiger partial charge < -0.3 is 4.74 Å². The monoisotopic (exact) mass is 257 g/mol. The summed E-state index contributed by atoms with van der Waals surface area (Å²) >= 11 is 0. The molecule has 0 aliphatic heterocycles. The Morgan fingerprint density at radius 3 is 2.47 bits per heavy atom. The van der Waals surface area contributed by atoms with Crippen LogP contribution in [-0.4, -0.2) is 29.6 Å². The largest absolute Gasteiger partial charge is 0.497 e. The maximum absolute atomic E-state index is 8.74. The summed E-state index contributed by atoms with van der Waals surface area (Å²) in [6, 6.07) is 9.78. The fourth-order valence-corrected chi connectivity index (χ4v) is 1.18. The van der Waals surface area contributed by atoms with Gasteiger partial charge in [0.2, 0.25) is 0 Å². The number of pyridine rings is 1. The van der Waals surface area contributed by atoms with Crippen LogP contribution >= 0.6 is 0 Å². The lowest BCUT2D eigenvalue weighted by atomic mass is 10.2. The zero-order valence-corrected chi connectivity index (χ0v) is 9.76. The molecule has 0 saturated heterocycles. The standard InChI is InChI=1S/C10H9NO.H2O4S/c1-12-9-4-5-10-8(7-9)3-2-6-11-10;1-5(2,3)4/h2-7H,1H3;(H2,1,2,3,4). The first-order chi connectivity index (χ1) is 7.90. The number of hydrogen-bond acceptors (Lipinski definition) is 4. The Kier molecular flexibility index (Phi) is 4.38. The van der Waals surface area contributed by atoms with E-state index < -0.39 is 10.4 Å². The Bertz CT molecular complexity index is 588. The molecule has 7 heteroatoms. The minimum Gasteiger partial charge on any atom is -0.497 e. The summed E-state index contributed by atoms with van der Waals surface area (Å²) in [5, 5.41) is 1.11. The number of aromatic nitrogens is 1. The second-order valence-corrected chi connectivity index (χ2v) is 3.91. The van der Waals surface area contributed by atoms with Gasteiger partial charge in [0.25, 0.3) is 0 Å². The highest BCUT2D eigenvalue weighted by Crippen LogP contribution is 2.17. The van der Waals surface area contributed by atoms with Crippen molar-refractivity contribution in [1.82, 2.24) is 4.98 Å². The minimum atomic E-state index is -4.67. The zero-order valence-electron chi connectivity index (χ0n) is 8.94. The lowest BCUT2D eigenvalue weighted by Crippen LogP contribution is -1.89. The number of benzene rings is 1. The first-order valence-electron chi connectivity index (χ1n) is 4.49. The van der Waals surface area contributed by atoms with Gasteiger partial charge in [-0.15, -0.1) is 0 Å². The first kappa shape index (κ1) is 13.4. The third-order valence-corrected chi connectivity index (χ3v) is 1.81. The molecule has 0 aliphatic carbocycles. The SMILES string of the molecule is COc1ccc2ncccc2c1.O=S(=O)(O)O. The normalized spacial score (nSPS) is 10.5. The van der Waals surface area contributed by atoms with E-state index in [0.29, 0.717) is 0 Å². The summed E-state index contributed by atoms with van der Waals surface area (Å²) in [6.07, 6.45) is 1.79. The van der Waals surface area contributed by atoms with E-state index in [9.17, 15) is 0 Å². The summed E-state index contributed by atoms with van der Waals surface area (Å²) in [4.78, 5) is 4.20. The molecule has 0 atom stereocenters. The van der Waals surface area contributed by atoms with Crippen molar-refractivity contribution in [3.8, 4) is 5.75 Å². The van der Waals surface area contributed by atoms with Gasteiger partial charge in [0.1, 0.15) is 5.75 Å². The molecule has 0 fully saturated rings. The summed E-state index contributed by atoms with van der Waals surface area (Å²) in [5.74, 6) is 0.871. The van der Waals surface area contributed by atoms with Crippen molar-refractivity contribution in [3.05, 3.63) is 36.5 Å². The average Bonchev–Trinajstić information content (AvgIpc) is 2.26. The molecule has 0 saturated carbocycles. The minimum absolute atomic E-state index is 0.871. The van der Waals surface area contributed by atoms with Crippen LogP contribution in [0.1, 0.15) is 0 Å². The van der Waals surface area contributed by atoms with E-state index in [1.807, 2.05) is 30.3 Å². The quantitative estimate of drug-likeness (QED) is 0.753. The summed E-state index contributed by atoms with van der Waals surface area (Å²) in [7, 11) is -3.00. The maximum atomic E-state index is 8.74. The van der Waals surface area contributed by atoms with Crippen molar-refractivity contribution in [1.29, 1.82) is 0 Å². The number of fused-ring (bicyclic) bond motifs is 1. The Labute approximate surface area is 98.4 Å². The summed E-state index contributed by atoms with van der Waals surface area (Å²) < 4.78 is 36.7. The van der Waals surface area contributed by atoms with E-state index in [-0.39, 0.29) is 0 Å². The molecule has 1 heterocycles. The van der Waals surface area contributed by atoms with Gasteiger partial charge in [-0.05, 0) is 24.3 Å². The van der Waals surface area contributed by atoms with Gasteiger partial charge in [0.15, 0.2) is 0 Å². The molecule has 2 rings (SSSR count). The van der Waals surface area contributed by atoms with E-state index in [1.165, 1.54) is 0 Å². The predicted octanol–water partition coefficient (Wildman–Crippen LogP) is 1.59. The second kappa shape index (κ2) is 5.58. The summed E-state index contributed by atoms with van der Waals surface area (Å²) in [5.41, 5.74) is 0.998. The Hall–Kier alpha value is -1.70. The highest BCUT2D eigenvalue weighted by atomic mass is 32.3. The van der Waals surface area contributed by atoms with Gasteiger partial charge in [-0.25, -0.2) is 0 Å². The lowest BCUT2D eigenvalue weighted by molar-refractivity contribution is 0.381. The van der Waals surface area contributed by atoms with Crippen LogP contribution in [0.3, 0.4) is 0 Å². The maximum Gasteiger partial charge on any atom is 0.394 e. The van der Waals surface area contributed by atoms with Crippen LogP contribution in [0.2, 0.25) is 0 Å². The molecule has 0 spiro atoms. The molecular weight excluding hydrogens is 246 g/mol. The molecule has 0 unspecified atom stereocenters. The first-order valence-corrected chi connectivity index (χ1v) is 5.88. The van der Waals surface area contributed by atoms with Crippen LogP contribution < -0.4 is 4.74 Å². The second-order valence-electron chi connectivity index (χ2n) is 3.01.